The van der Waals surface area contributed by atoms with E-state index in [1.165, 1.54) is 218 Å². The molecule has 0 aliphatic heterocycles. The third kappa shape index (κ3) is 24.8. The number of nitrogens with zero attached hydrogens (tertiary/aromatic N) is 4. The molecular formula is C114H136N4O3. The molecule has 0 bridgehead atoms. The number of furan rings is 1. The van der Waals surface area contributed by atoms with Crippen molar-refractivity contribution in [3.05, 3.63) is 323 Å². The molecule has 1 aromatic heterocycles. The number of fused-ring (bicyclic) bond motifs is 3. The largest absolute Gasteiger partial charge is 0.493 e. The van der Waals surface area contributed by atoms with Crippen LogP contribution >= 0.6 is 0 Å². The number of hydrogen-bond acceptors (Lipinski definition) is 7. The molecule has 7 heteroatoms. The van der Waals surface area contributed by atoms with Gasteiger partial charge in [0.1, 0.15) is 22.7 Å². The Morgan fingerprint density at radius 2 is 0.364 bits per heavy atom. The zero-order valence-corrected chi connectivity index (χ0v) is 74.5. The second kappa shape index (κ2) is 46.3. The van der Waals surface area contributed by atoms with E-state index in [4.69, 9.17) is 13.9 Å². The molecule has 0 unspecified atom stereocenters. The third-order valence-electron chi connectivity index (χ3n) is 24.5. The molecule has 0 radical (unpaired) electrons. The molecule has 0 saturated heterocycles. The Bertz CT molecular complexity index is 4760. The second-order valence-electron chi connectivity index (χ2n) is 34.1. The van der Waals surface area contributed by atoms with E-state index >= 15 is 0 Å². The van der Waals surface area contributed by atoms with E-state index in [-0.39, 0.29) is 0 Å². The average Bonchev–Trinajstić information content (AvgIpc) is 1.71. The van der Waals surface area contributed by atoms with Crippen molar-refractivity contribution in [3.8, 4) is 11.5 Å². The van der Waals surface area contributed by atoms with Crippen LogP contribution in [0.4, 0.5) is 68.2 Å². The highest BCUT2D eigenvalue weighted by atomic mass is 16.5. The summed E-state index contributed by atoms with van der Waals surface area (Å²) in [5.41, 5.74) is 29.1. The Morgan fingerprint density at radius 1 is 0.198 bits per heavy atom. The molecule has 1 heterocycles. The highest BCUT2D eigenvalue weighted by molar-refractivity contribution is 6.06. The number of ether oxygens (including phenoxy) is 2. The minimum atomic E-state index is 0.706. The molecule has 0 spiro atoms. The van der Waals surface area contributed by atoms with Crippen LogP contribution in [0.15, 0.2) is 271 Å². The summed E-state index contributed by atoms with van der Waals surface area (Å²) in [6.07, 6.45) is 37.3. The lowest BCUT2D eigenvalue weighted by molar-refractivity contribution is 0.302. The molecule has 12 aromatic carbocycles. The molecule has 0 atom stereocenters. The lowest BCUT2D eigenvalue weighted by Crippen LogP contribution is -2.12. The van der Waals surface area contributed by atoms with E-state index < -0.39 is 0 Å². The van der Waals surface area contributed by atoms with Gasteiger partial charge in [-0.3, -0.25) is 0 Å². The minimum absolute atomic E-state index is 0.706. The summed E-state index contributed by atoms with van der Waals surface area (Å²) in [4.78, 5) is 9.66. The summed E-state index contributed by atoms with van der Waals surface area (Å²) in [7, 11) is 0. The monoisotopic (exact) mass is 1610 g/mol. The van der Waals surface area contributed by atoms with Crippen molar-refractivity contribution in [3.63, 3.8) is 0 Å². The molecule has 13 aromatic rings. The Kier molecular flexibility index (Phi) is 33.7. The van der Waals surface area contributed by atoms with Gasteiger partial charge < -0.3 is 33.5 Å². The Hall–Kier alpha value is -10.8. The number of rotatable bonds is 50. The molecule has 121 heavy (non-hydrogen) atoms. The first-order valence-corrected chi connectivity index (χ1v) is 46.9. The van der Waals surface area contributed by atoms with Gasteiger partial charge in [-0.1, -0.05) is 228 Å². The number of unbranched alkanes of at least 4 members (excludes halogenated alkanes) is 16. The highest BCUT2D eigenvalue weighted by Crippen LogP contribution is 2.44. The fraction of sp³-hybridized carbons (Fsp3) is 0.368. The van der Waals surface area contributed by atoms with Crippen LogP contribution in [-0.4, -0.2) is 13.2 Å². The first-order valence-electron chi connectivity index (χ1n) is 46.9. The number of hydrogen-bond donors (Lipinski definition) is 0. The molecule has 0 amide bonds. The standard InChI is InChI=1S/C114H136N4O3/c1-9-15-33-89-41-57-97(58-42-89)115(98-59-43-90(44-60-98)34-16-10-2)105-73-77-107(78-74-105)117(101-65-49-93(50-66-101)37-19-13-5)103-69-53-95(54-70-103)39-29-25-21-23-27-31-81-119-111-85-109-110-86-112(88(8)84-114(110)121-113(109)83-87(111)7)120-82-32-28-24-22-26-30-40-96-55-71-104(72-56-96)118(102-67-51-94(52-68-102)38-20-14-6)108-79-75-106(76-80-108)116(99-61-45-91(46-62-99)35-17-11-3)100-63-47-92(48-64-100)36-18-12-4/h41-80,83-86H,9-40,81-82H2,1-8H3. The number of benzene rings is 12. The fourth-order valence-corrected chi connectivity index (χ4v) is 17.1. The number of aryl methyl sites for hydroxylation is 10. The van der Waals surface area contributed by atoms with Crippen molar-refractivity contribution >= 4 is 90.2 Å². The van der Waals surface area contributed by atoms with E-state index in [0.29, 0.717) is 13.2 Å². The van der Waals surface area contributed by atoms with Gasteiger partial charge in [-0.15, -0.1) is 0 Å². The van der Waals surface area contributed by atoms with Crippen LogP contribution in [-0.2, 0) is 51.4 Å². The van der Waals surface area contributed by atoms with E-state index in [1.54, 1.807) is 0 Å². The maximum Gasteiger partial charge on any atom is 0.135 e. The molecular weight excluding hydrogens is 1470 g/mol. The van der Waals surface area contributed by atoms with E-state index in [0.717, 1.165) is 144 Å². The molecule has 7 nitrogen and oxygen atoms in total. The molecule has 0 N–H and O–H groups in total. The molecule has 0 fully saturated rings. The van der Waals surface area contributed by atoms with Gasteiger partial charge in [-0.25, -0.2) is 0 Å². The Balaban J connectivity index is 0.550. The molecule has 0 aliphatic rings. The van der Waals surface area contributed by atoms with Gasteiger partial charge in [-0.2, -0.15) is 0 Å². The molecule has 0 aliphatic carbocycles. The Morgan fingerprint density at radius 3 is 0.554 bits per heavy atom. The van der Waals surface area contributed by atoms with E-state index in [2.05, 4.69) is 342 Å². The normalized spacial score (nSPS) is 11.4. The maximum atomic E-state index is 6.54. The topological polar surface area (TPSA) is 44.6 Å². The van der Waals surface area contributed by atoms with Crippen molar-refractivity contribution in [2.45, 2.75) is 261 Å². The van der Waals surface area contributed by atoms with Gasteiger partial charge in [0.25, 0.3) is 0 Å². The average molecular weight is 1610 g/mol. The highest BCUT2D eigenvalue weighted by Gasteiger charge is 2.22. The molecule has 630 valence electrons. The minimum Gasteiger partial charge on any atom is -0.493 e. The summed E-state index contributed by atoms with van der Waals surface area (Å²) in [6, 6.07) is 101. The lowest BCUT2D eigenvalue weighted by Gasteiger charge is -2.29. The predicted octanol–water partition coefficient (Wildman–Crippen LogP) is 34.1. The van der Waals surface area contributed by atoms with Crippen molar-refractivity contribution in [1.82, 2.24) is 0 Å². The Labute approximate surface area is 727 Å². The summed E-state index contributed by atoms with van der Waals surface area (Å²) in [5.74, 6) is 1.87. The van der Waals surface area contributed by atoms with Crippen LogP contribution in [0.5, 0.6) is 11.5 Å². The van der Waals surface area contributed by atoms with Crippen molar-refractivity contribution in [2.24, 2.45) is 0 Å². The van der Waals surface area contributed by atoms with Crippen LogP contribution in [0.1, 0.15) is 251 Å². The smallest absolute Gasteiger partial charge is 0.135 e. The first-order chi connectivity index (χ1) is 59.6. The second-order valence-corrected chi connectivity index (χ2v) is 34.1. The lowest BCUT2D eigenvalue weighted by atomic mass is 10.0. The molecule has 13 rings (SSSR count). The van der Waals surface area contributed by atoms with Crippen LogP contribution < -0.4 is 29.1 Å². The van der Waals surface area contributed by atoms with Crippen LogP contribution in [0, 0.1) is 13.8 Å². The van der Waals surface area contributed by atoms with Crippen LogP contribution in [0.25, 0.3) is 21.9 Å². The van der Waals surface area contributed by atoms with Gasteiger partial charge in [0.05, 0.1) is 13.2 Å². The van der Waals surface area contributed by atoms with Crippen LogP contribution in [0.3, 0.4) is 0 Å². The summed E-state index contributed by atoms with van der Waals surface area (Å²) in [6.45, 7) is 19.3. The van der Waals surface area contributed by atoms with Gasteiger partial charge in [0.2, 0.25) is 0 Å². The fourth-order valence-electron chi connectivity index (χ4n) is 17.1. The van der Waals surface area contributed by atoms with Gasteiger partial charge in [0, 0.05) is 79.0 Å². The van der Waals surface area contributed by atoms with Gasteiger partial charge in [-0.05, 0) is 355 Å². The molecule has 0 saturated carbocycles. The summed E-state index contributed by atoms with van der Waals surface area (Å²) >= 11 is 0. The third-order valence-corrected chi connectivity index (χ3v) is 24.5. The van der Waals surface area contributed by atoms with Crippen molar-refractivity contribution in [2.75, 3.05) is 32.8 Å². The van der Waals surface area contributed by atoms with Crippen molar-refractivity contribution < 1.29 is 13.9 Å². The zero-order chi connectivity index (χ0) is 83.8. The summed E-state index contributed by atoms with van der Waals surface area (Å²) < 4.78 is 19.5. The van der Waals surface area contributed by atoms with Crippen molar-refractivity contribution in [1.29, 1.82) is 0 Å². The maximum absolute atomic E-state index is 6.54. The quantitative estimate of drug-likeness (QED) is 0.0352. The van der Waals surface area contributed by atoms with E-state index in [1.807, 2.05) is 0 Å². The summed E-state index contributed by atoms with van der Waals surface area (Å²) in [5, 5.41) is 2.16. The zero-order valence-electron chi connectivity index (χ0n) is 74.5. The van der Waals surface area contributed by atoms with Gasteiger partial charge >= 0.3 is 0 Å². The van der Waals surface area contributed by atoms with Gasteiger partial charge in [0.15, 0.2) is 0 Å². The SMILES string of the molecule is CCCCc1ccc(N(c2ccc(CCCC)cc2)c2ccc(N(c3ccc(CCCC)cc3)c3ccc(CCCCCCCCOc4cc5c(cc4C)oc4cc(C)c(OCCCCCCCCc6ccc(N(c7ccc(CCCC)cc7)c7ccc(N(c8ccc(CCCC)cc8)c8ccc(CCCC)cc8)cc7)cc6)cc45)cc3)cc2)cc1. The van der Waals surface area contributed by atoms with Crippen LogP contribution in [0.2, 0.25) is 0 Å². The predicted molar refractivity (Wildman–Crippen MR) is 520 cm³/mol. The van der Waals surface area contributed by atoms with E-state index in [9.17, 15) is 0 Å². The number of anilines is 12. The first kappa shape index (κ1) is 88.0.